The lowest BCUT2D eigenvalue weighted by atomic mass is 10.1. The molecule has 2 N–H and O–H groups in total. The van der Waals surface area contributed by atoms with Gasteiger partial charge in [0, 0.05) is 19.0 Å². The van der Waals surface area contributed by atoms with Gasteiger partial charge in [-0.1, -0.05) is 18.2 Å². The van der Waals surface area contributed by atoms with E-state index in [1.54, 1.807) is 12.1 Å². The van der Waals surface area contributed by atoms with Gasteiger partial charge in [0.25, 0.3) is 5.91 Å². The van der Waals surface area contributed by atoms with Crippen LogP contribution in [0.1, 0.15) is 12.8 Å². The Morgan fingerprint density at radius 1 is 1.39 bits per heavy atom. The van der Waals surface area contributed by atoms with Crippen LogP contribution in [0.15, 0.2) is 30.3 Å². The number of nitrogens with one attached hydrogen (secondary N) is 2. The van der Waals surface area contributed by atoms with Gasteiger partial charge in [-0.3, -0.25) is 9.59 Å². The maximum atomic E-state index is 11.6. The fourth-order valence-corrected chi connectivity index (χ4v) is 1.84. The van der Waals surface area contributed by atoms with Crippen LogP contribution in [0.2, 0.25) is 0 Å². The molecule has 2 rings (SSSR count). The average Bonchev–Trinajstić information content (AvgIpc) is 2.38. The van der Waals surface area contributed by atoms with Crippen LogP contribution < -0.4 is 15.4 Å². The van der Waals surface area contributed by atoms with Crippen molar-refractivity contribution in [3.63, 3.8) is 0 Å². The van der Waals surface area contributed by atoms with Crippen LogP contribution in [0.4, 0.5) is 0 Å². The van der Waals surface area contributed by atoms with Crippen LogP contribution in [0.5, 0.6) is 5.75 Å². The smallest absolute Gasteiger partial charge is 0.258 e. The lowest BCUT2D eigenvalue weighted by Crippen LogP contribution is -2.46. The van der Waals surface area contributed by atoms with E-state index < -0.39 is 0 Å². The molecule has 96 valence electrons. The summed E-state index contributed by atoms with van der Waals surface area (Å²) in [5, 5.41) is 5.52. The maximum Gasteiger partial charge on any atom is 0.258 e. The van der Waals surface area contributed by atoms with Gasteiger partial charge in [0.15, 0.2) is 6.61 Å². The third-order valence-electron chi connectivity index (χ3n) is 2.73. The summed E-state index contributed by atoms with van der Waals surface area (Å²) in [6.45, 7) is 0.589. The summed E-state index contributed by atoms with van der Waals surface area (Å²) in [6, 6.07) is 9.08. The van der Waals surface area contributed by atoms with Gasteiger partial charge in [-0.05, 0) is 18.6 Å². The number of rotatable bonds is 4. The minimum absolute atomic E-state index is 0.0180. The van der Waals surface area contributed by atoms with Gasteiger partial charge in [0.1, 0.15) is 5.75 Å². The molecular weight excluding hydrogens is 232 g/mol. The molecule has 1 heterocycles. The van der Waals surface area contributed by atoms with Crippen molar-refractivity contribution in [2.75, 3.05) is 13.2 Å². The topological polar surface area (TPSA) is 67.4 Å². The Kier molecular flexibility index (Phi) is 4.17. The van der Waals surface area contributed by atoms with E-state index in [1.165, 1.54) is 0 Å². The second kappa shape index (κ2) is 6.05. The lowest BCUT2D eigenvalue weighted by Gasteiger charge is -2.23. The van der Waals surface area contributed by atoms with Crippen molar-refractivity contribution in [2.24, 2.45) is 0 Å². The van der Waals surface area contributed by atoms with Crippen molar-refractivity contribution in [2.45, 2.75) is 18.9 Å². The lowest BCUT2D eigenvalue weighted by molar-refractivity contribution is -0.126. The third-order valence-corrected chi connectivity index (χ3v) is 2.73. The quantitative estimate of drug-likeness (QED) is 0.813. The predicted molar refractivity (Wildman–Crippen MR) is 66.1 cm³/mol. The highest BCUT2D eigenvalue weighted by Crippen LogP contribution is 2.08. The normalized spacial score (nSPS) is 18.9. The first kappa shape index (κ1) is 12.4. The molecule has 1 saturated heterocycles. The fourth-order valence-electron chi connectivity index (χ4n) is 1.84. The number of hydrogen-bond acceptors (Lipinski definition) is 3. The summed E-state index contributed by atoms with van der Waals surface area (Å²) in [5.41, 5.74) is 0. The molecule has 0 aromatic heterocycles. The molecule has 1 atom stereocenters. The highest BCUT2D eigenvalue weighted by atomic mass is 16.5. The summed E-state index contributed by atoms with van der Waals surface area (Å²) in [6.07, 6.45) is 1.11. The number of para-hydroxylation sites is 1. The zero-order valence-corrected chi connectivity index (χ0v) is 10.0. The summed E-state index contributed by atoms with van der Waals surface area (Å²) in [7, 11) is 0. The van der Waals surface area contributed by atoms with Crippen LogP contribution in [0.3, 0.4) is 0 Å². The molecule has 0 aliphatic carbocycles. The first-order chi connectivity index (χ1) is 8.74. The zero-order valence-electron chi connectivity index (χ0n) is 10.0. The number of benzene rings is 1. The van der Waals surface area contributed by atoms with Crippen LogP contribution in [-0.2, 0) is 9.59 Å². The molecule has 0 spiro atoms. The second-order valence-corrected chi connectivity index (χ2v) is 4.21. The second-order valence-electron chi connectivity index (χ2n) is 4.21. The molecular formula is C13H16N2O3. The molecule has 1 aromatic rings. The Balaban J connectivity index is 1.73. The number of piperidine rings is 1. The van der Waals surface area contributed by atoms with E-state index in [9.17, 15) is 9.59 Å². The third kappa shape index (κ3) is 3.76. The molecule has 0 radical (unpaired) electrons. The van der Waals surface area contributed by atoms with Gasteiger partial charge in [-0.15, -0.1) is 0 Å². The average molecular weight is 248 g/mol. The van der Waals surface area contributed by atoms with Crippen LogP contribution in [-0.4, -0.2) is 31.0 Å². The summed E-state index contributed by atoms with van der Waals surface area (Å²) in [4.78, 5) is 22.8. The van der Waals surface area contributed by atoms with Crippen LogP contribution >= 0.6 is 0 Å². The molecule has 1 aromatic carbocycles. The first-order valence-corrected chi connectivity index (χ1v) is 5.98. The summed E-state index contributed by atoms with van der Waals surface area (Å²) < 4.78 is 5.32. The van der Waals surface area contributed by atoms with Crippen molar-refractivity contribution < 1.29 is 14.3 Å². The fraction of sp³-hybridized carbons (Fsp3) is 0.385. The molecule has 0 saturated carbocycles. The zero-order chi connectivity index (χ0) is 12.8. The van der Waals surface area contributed by atoms with E-state index >= 15 is 0 Å². The highest BCUT2D eigenvalue weighted by Gasteiger charge is 2.20. The van der Waals surface area contributed by atoms with Crippen LogP contribution in [0, 0.1) is 0 Å². The highest BCUT2D eigenvalue weighted by molar-refractivity contribution is 5.81. The number of ether oxygens (including phenoxy) is 1. The van der Waals surface area contributed by atoms with Crippen molar-refractivity contribution in [1.29, 1.82) is 0 Å². The van der Waals surface area contributed by atoms with Crippen molar-refractivity contribution in [3.05, 3.63) is 30.3 Å². The van der Waals surface area contributed by atoms with Crippen LogP contribution in [0.25, 0.3) is 0 Å². The van der Waals surface area contributed by atoms with Crippen molar-refractivity contribution in [3.8, 4) is 5.75 Å². The summed E-state index contributed by atoms with van der Waals surface area (Å²) in [5.74, 6) is 0.447. The van der Waals surface area contributed by atoms with Gasteiger partial charge in [-0.25, -0.2) is 0 Å². The molecule has 1 aliphatic heterocycles. The van der Waals surface area contributed by atoms with Crippen molar-refractivity contribution in [1.82, 2.24) is 10.6 Å². The Bertz CT molecular complexity index is 420. The predicted octanol–water partition coefficient (Wildman–Crippen LogP) is 0.460. The van der Waals surface area contributed by atoms with E-state index in [2.05, 4.69) is 10.6 Å². The molecule has 1 unspecified atom stereocenters. The van der Waals surface area contributed by atoms with Gasteiger partial charge in [-0.2, -0.15) is 0 Å². The molecule has 18 heavy (non-hydrogen) atoms. The van der Waals surface area contributed by atoms with Gasteiger partial charge < -0.3 is 15.4 Å². The van der Waals surface area contributed by atoms with E-state index in [0.717, 1.165) is 6.42 Å². The van der Waals surface area contributed by atoms with E-state index in [0.29, 0.717) is 18.7 Å². The maximum absolute atomic E-state index is 11.6. The molecule has 1 aliphatic rings. The minimum Gasteiger partial charge on any atom is -0.484 e. The SMILES string of the molecule is O=C1CC(NC(=O)COc2ccccc2)CCN1. The largest absolute Gasteiger partial charge is 0.484 e. The Labute approximate surface area is 106 Å². The van der Waals surface area contributed by atoms with Gasteiger partial charge in [0.2, 0.25) is 5.91 Å². The minimum atomic E-state index is -0.196. The number of amides is 2. The first-order valence-electron chi connectivity index (χ1n) is 5.98. The molecule has 5 nitrogen and oxygen atoms in total. The van der Waals surface area contributed by atoms with E-state index in [1.807, 2.05) is 18.2 Å². The standard InChI is InChI=1S/C13H16N2O3/c16-12-8-10(6-7-14-12)15-13(17)9-18-11-4-2-1-3-5-11/h1-5,10H,6-9H2,(H,14,16)(H,15,17). The monoisotopic (exact) mass is 248 g/mol. The molecule has 1 fully saturated rings. The van der Waals surface area contributed by atoms with Gasteiger partial charge in [0.05, 0.1) is 0 Å². The molecule has 2 amide bonds. The number of carbonyl (C=O) groups is 2. The number of hydrogen-bond donors (Lipinski definition) is 2. The van der Waals surface area contributed by atoms with E-state index in [-0.39, 0.29) is 24.5 Å². The number of carbonyl (C=O) groups excluding carboxylic acids is 2. The molecule has 0 bridgehead atoms. The Hall–Kier alpha value is -2.04. The Morgan fingerprint density at radius 3 is 2.89 bits per heavy atom. The Morgan fingerprint density at radius 2 is 2.17 bits per heavy atom. The summed E-state index contributed by atoms with van der Waals surface area (Å²) >= 11 is 0. The molecule has 5 heteroatoms. The van der Waals surface area contributed by atoms with Gasteiger partial charge >= 0.3 is 0 Å². The van der Waals surface area contributed by atoms with E-state index in [4.69, 9.17) is 4.74 Å². The van der Waals surface area contributed by atoms with Crippen molar-refractivity contribution >= 4 is 11.8 Å².